The number of hydrogen-bond acceptors (Lipinski definition) is 12. The Morgan fingerprint density at radius 1 is 0.583 bits per heavy atom. The number of likely N-dealkylation sites (tertiary alicyclic amines) is 1. The summed E-state index contributed by atoms with van der Waals surface area (Å²) in [7, 11) is 10.3. The molecule has 1 spiro atoms. The quantitative estimate of drug-likeness (QED) is 0.264. The van der Waals surface area contributed by atoms with E-state index in [-0.39, 0.29) is 56.4 Å². The maximum absolute atomic E-state index is 15.7. The average molecular weight is 1360 g/mol. The van der Waals surface area contributed by atoms with Gasteiger partial charge in [0.2, 0.25) is 70.9 Å². The molecule has 534 valence electrons. The summed E-state index contributed by atoms with van der Waals surface area (Å²) in [5.41, 5.74) is -0.645. The number of hydrogen-bond donors (Lipinski definition) is 3. The van der Waals surface area contributed by atoms with Crippen LogP contribution in [0.3, 0.4) is 0 Å². The third kappa shape index (κ3) is 19.3. The number of amides is 12. The summed E-state index contributed by atoms with van der Waals surface area (Å²) in [5, 5.41) is 9.53. The van der Waals surface area contributed by atoms with Gasteiger partial charge < -0.3 is 60.0 Å². The lowest BCUT2D eigenvalue weighted by Gasteiger charge is -2.43. The Morgan fingerprint density at radius 3 is 1.79 bits per heavy atom. The Morgan fingerprint density at radius 2 is 1.18 bits per heavy atom. The first-order valence-electron chi connectivity index (χ1n) is 35.6. The van der Waals surface area contributed by atoms with Gasteiger partial charge in [-0.05, 0) is 118 Å². The number of nitrogens with one attached hydrogen (secondary N) is 3. The highest BCUT2D eigenvalue weighted by Crippen LogP contribution is 2.37. The lowest BCUT2D eigenvalue weighted by Crippen LogP contribution is -2.65. The van der Waals surface area contributed by atoms with E-state index in [1.165, 1.54) is 81.5 Å². The fourth-order valence-corrected chi connectivity index (χ4v) is 15.5. The van der Waals surface area contributed by atoms with Gasteiger partial charge in [0, 0.05) is 74.0 Å². The van der Waals surface area contributed by atoms with Gasteiger partial charge in [-0.3, -0.25) is 57.5 Å². The number of carbonyl (C=O) groups is 12. The number of nitrogens with zero attached hydrogens (tertiary/aromatic N) is 9. The van der Waals surface area contributed by atoms with E-state index in [0.29, 0.717) is 69.5 Å². The first-order chi connectivity index (χ1) is 45.6. The standard InChI is InChI=1S/C71H111ClN12O12/c1-12-47(4)61-68(94)78(7)44-59(87)76(5)45-60(88)80(9)55(41-49-24-15-13-16-25-49)66(92)77(6)43-57(85)73-52(34-31-48-29-32-51(72)33-30-48)65(91)84-39-23-28-53(84)64(90)75-71(35-19-20-36-71)70(96)82(11)62(50-26-17-14-18-27-50)69(95)81(10)56(67(93)83-37-21-22-38-83)42-58(86)79(8)54(40-46(2)3)63(89)74-61/h29-30,32-33,46-47,49-50,52-56,61-62H,12-28,31,34-45H2,1-11H3,(H,73,85)(H,74,89)(H,75,90)/t47-,52-,53-,54-,55-,56-,61-,62-/m0/s1. The van der Waals surface area contributed by atoms with Crippen LogP contribution in [0.15, 0.2) is 24.3 Å². The van der Waals surface area contributed by atoms with Crippen molar-refractivity contribution in [1.82, 2.24) is 60.0 Å². The van der Waals surface area contributed by atoms with Crippen LogP contribution in [0.5, 0.6) is 0 Å². The number of carbonyl (C=O) groups excluding carboxylic acids is 12. The molecule has 96 heavy (non-hydrogen) atoms. The zero-order valence-corrected chi connectivity index (χ0v) is 59.9. The van der Waals surface area contributed by atoms with Crippen molar-refractivity contribution in [3.05, 3.63) is 34.9 Å². The molecule has 0 radical (unpaired) electrons. The predicted molar refractivity (Wildman–Crippen MR) is 364 cm³/mol. The largest absolute Gasteiger partial charge is 0.343 e. The normalized spacial score (nSPS) is 27.2. The van der Waals surface area contributed by atoms with Gasteiger partial charge in [0.25, 0.3) is 0 Å². The molecule has 0 aromatic heterocycles. The van der Waals surface area contributed by atoms with Gasteiger partial charge in [-0.25, -0.2) is 0 Å². The Bertz CT molecular complexity index is 2930. The molecular weight excluding hydrogens is 1250 g/mol. The monoisotopic (exact) mass is 1360 g/mol. The van der Waals surface area contributed by atoms with Crippen LogP contribution in [0, 0.1) is 23.7 Å². The zero-order chi connectivity index (χ0) is 70.3. The van der Waals surface area contributed by atoms with Gasteiger partial charge in [-0.1, -0.05) is 122 Å². The smallest absolute Gasteiger partial charge is 0.248 e. The molecule has 0 unspecified atom stereocenters. The third-order valence-electron chi connectivity index (χ3n) is 21.7. The molecule has 12 amide bonds. The molecule has 3 heterocycles. The fraction of sp³-hybridized carbons (Fsp3) is 0.746. The second-order valence-corrected chi connectivity index (χ2v) is 29.6. The fourth-order valence-electron chi connectivity index (χ4n) is 15.4. The molecular formula is C71H111ClN12O12. The van der Waals surface area contributed by atoms with Crippen molar-refractivity contribution in [2.75, 3.05) is 88.6 Å². The number of rotatable bonds is 11. The van der Waals surface area contributed by atoms with Crippen LogP contribution in [0.4, 0.5) is 0 Å². The number of aryl methyl sites for hydroxylation is 1. The minimum absolute atomic E-state index is 0.0888. The number of benzene rings is 1. The van der Waals surface area contributed by atoms with Crippen LogP contribution < -0.4 is 16.0 Å². The van der Waals surface area contributed by atoms with E-state index in [4.69, 9.17) is 11.6 Å². The van der Waals surface area contributed by atoms with E-state index in [2.05, 4.69) is 16.0 Å². The van der Waals surface area contributed by atoms with Crippen molar-refractivity contribution in [3.8, 4) is 0 Å². The van der Waals surface area contributed by atoms with E-state index in [1.807, 2.05) is 32.9 Å². The summed E-state index contributed by atoms with van der Waals surface area (Å²) < 4.78 is 0. The lowest BCUT2D eigenvalue weighted by molar-refractivity contribution is -0.156. The van der Waals surface area contributed by atoms with Crippen molar-refractivity contribution in [1.29, 1.82) is 0 Å². The first-order valence-corrected chi connectivity index (χ1v) is 36.0. The number of likely N-dealkylation sites (N-methyl/N-ethyl adjacent to an activating group) is 7. The SMILES string of the molecule is CC[C@H](C)[C@@H]1NC(=O)[C@H](CC(C)C)N(C)C(=O)C[C@@H](C(=O)N2CCCC2)N(C)C(=O)[C@H](C2CCCCC2)N(C)C(=O)C2(CCCC2)NC(=O)[C@@H]2CCCN2C(=O)[C@H](CCc2ccc(Cl)cc2)NC(=O)CN(C)C(=O)[C@H](CC2CCCCC2)N(C)C(=O)CN(C)C(=O)CN(C)C1=O. The second kappa shape index (κ2) is 35.1. The van der Waals surface area contributed by atoms with E-state index >= 15 is 24.0 Å². The van der Waals surface area contributed by atoms with Crippen molar-refractivity contribution in [2.45, 2.75) is 230 Å². The molecule has 24 nitrogen and oxygen atoms in total. The summed E-state index contributed by atoms with van der Waals surface area (Å²) in [6.45, 7) is 6.99. The summed E-state index contributed by atoms with van der Waals surface area (Å²) in [4.78, 5) is 191. The van der Waals surface area contributed by atoms with E-state index in [0.717, 1.165) is 69.8 Å². The third-order valence-corrected chi connectivity index (χ3v) is 21.9. The van der Waals surface area contributed by atoms with Gasteiger partial charge in [-0.15, -0.1) is 0 Å². The summed E-state index contributed by atoms with van der Waals surface area (Å²) in [6, 6.07) is -0.928. The second-order valence-electron chi connectivity index (χ2n) is 29.1. The van der Waals surface area contributed by atoms with Crippen LogP contribution in [0.25, 0.3) is 0 Å². The van der Waals surface area contributed by atoms with Gasteiger partial charge in [-0.2, -0.15) is 0 Å². The van der Waals surface area contributed by atoms with Crippen LogP contribution in [0.1, 0.15) is 181 Å². The van der Waals surface area contributed by atoms with Crippen LogP contribution in [-0.4, -0.2) is 251 Å². The lowest BCUT2D eigenvalue weighted by atomic mass is 9.81. The Hall–Kier alpha value is -6.85. The number of halogens is 1. The highest BCUT2D eigenvalue weighted by molar-refractivity contribution is 6.30. The van der Waals surface area contributed by atoms with Crippen LogP contribution in [-0.2, 0) is 64.0 Å². The zero-order valence-electron chi connectivity index (χ0n) is 59.2. The molecule has 3 saturated carbocycles. The minimum atomic E-state index is -1.48. The molecule has 1 aromatic carbocycles. The van der Waals surface area contributed by atoms with Crippen LogP contribution in [0.2, 0.25) is 5.02 Å². The van der Waals surface area contributed by atoms with Crippen LogP contribution >= 0.6 is 11.6 Å². The predicted octanol–water partition coefficient (Wildman–Crippen LogP) is 5.01. The summed E-state index contributed by atoms with van der Waals surface area (Å²) >= 11 is 6.26. The van der Waals surface area contributed by atoms with Gasteiger partial charge in [0.1, 0.15) is 47.8 Å². The van der Waals surface area contributed by atoms with Crippen molar-refractivity contribution >= 4 is 82.5 Å². The molecule has 3 aliphatic carbocycles. The Balaban J connectivity index is 1.27. The average Bonchev–Trinajstić information content (AvgIpc) is 1.43. The van der Waals surface area contributed by atoms with Gasteiger partial charge in [0.15, 0.2) is 0 Å². The molecule has 7 rings (SSSR count). The molecule has 6 fully saturated rings. The van der Waals surface area contributed by atoms with E-state index in [9.17, 15) is 33.6 Å². The Kier molecular flexibility index (Phi) is 28.0. The molecule has 6 aliphatic rings. The highest BCUT2D eigenvalue weighted by Gasteiger charge is 2.51. The highest BCUT2D eigenvalue weighted by atomic mass is 35.5. The van der Waals surface area contributed by atoms with E-state index in [1.54, 1.807) is 31.0 Å². The molecule has 1 aromatic rings. The van der Waals surface area contributed by atoms with Crippen molar-refractivity contribution < 1.29 is 57.5 Å². The van der Waals surface area contributed by atoms with Gasteiger partial charge >= 0.3 is 0 Å². The molecule has 0 bridgehead atoms. The van der Waals surface area contributed by atoms with Crippen molar-refractivity contribution in [3.63, 3.8) is 0 Å². The maximum Gasteiger partial charge on any atom is 0.248 e. The molecule has 3 saturated heterocycles. The molecule has 25 heteroatoms. The topological polar surface area (TPSA) is 270 Å². The molecule has 3 aliphatic heterocycles. The Labute approximate surface area is 574 Å². The summed E-state index contributed by atoms with van der Waals surface area (Å²) in [6.07, 6.45) is 13.0. The maximum atomic E-state index is 15.7. The van der Waals surface area contributed by atoms with E-state index < -0.39 is 151 Å². The van der Waals surface area contributed by atoms with Gasteiger partial charge in [0.05, 0.1) is 26.1 Å². The summed E-state index contributed by atoms with van der Waals surface area (Å²) in [5.74, 6) is -7.60. The minimum Gasteiger partial charge on any atom is -0.343 e. The first kappa shape index (κ1) is 76.5. The molecule has 8 atom stereocenters. The molecule has 3 N–H and O–H groups in total. The number of fused-ring (bicyclic) bond motifs is 1. The van der Waals surface area contributed by atoms with Crippen molar-refractivity contribution in [2.24, 2.45) is 23.7 Å².